The average Bonchev–Trinajstić information content (AvgIpc) is 2.96. The summed E-state index contributed by atoms with van der Waals surface area (Å²) in [5.74, 6) is -2.68. The summed E-state index contributed by atoms with van der Waals surface area (Å²) in [5.41, 5.74) is 3.24. The highest BCUT2D eigenvalue weighted by atomic mass is 79.9. The van der Waals surface area contributed by atoms with Crippen molar-refractivity contribution in [1.29, 1.82) is 0 Å². The molecule has 0 spiro atoms. The Kier molecular flexibility index (Phi) is 9.04. The number of nitrogens with one attached hydrogen (secondary N) is 1. The number of anilines is 1. The number of hydrogen-bond donors (Lipinski definition) is 1. The smallest absolute Gasteiger partial charge is 0.313 e. The topological polar surface area (TPSA) is 55.9 Å². The molecule has 6 nitrogen and oxygen atoms in total. The van der Waals surface area contributed by atoms with Crippen molar-refractivity contribution >= 4 is 39.0 Å². The van der Waals surface area contributed by atoms with Gasteiger partial charge in [-0.25, -0.2) is 8.78 Å². The van der Waals surface area contributed by atoms with Crippen LogP contribution in [0.1, 0.15) is 23.1 Å². The first-order chi connectivity index (χ1) is 19.4. The van der Waals surface area contributed by atoms with Gasteiger partial charge in [-0.3, -0.25) is 19.4 Å². The first-order valence-corrected chi connectivity index (χ1v) is 14.2. The standard InChI is InChI=1S/C31H31BrF2N4O2/c32-25-10-9-24(21-37-17-15-36(16-18-37)20-22-5-2-1-3-6-22)28(19-25)35-30(39)31(40)38-13-11-23(12-14-38)29-26(33)7-4-8-27(29)34/h1-11,19H,12-18,20-21H2,(H,35,39). The SMILES string of the molecule is O=C(Nc1cc(Br)ccc1CN1CCN(Cc2ccccc2)CC1)C(=O)N1CC=C(c2c(F)cccc2F)CC1. The minimum Gasteiger partial charge on any atom is -0.330 e. The molecule has 0 unspecified atom stereocenters. The van der Waals surface area contributed by atoms with E-state index in [-0.39, 0.29) is 25.1 Å². The van der Waals surface area contributed by atoms with Crippen molar-refractivity contribution in [1.82, 2.24) is 14.7 Å². The Balaban J connectivity index is 1.18. The third kappa shape index (κ3) is 6.83. The Labute approximate surface area is 241 Å². The largest absolute Gasteiger partial charge is 0.330 e. The maximum Gasteiger partial charge on any atom is 0.313 e. The third-order valence-corrected chi connectivity index (χ3v) is 7.90. The highest BCUT2D eigenvalue weighted by Gasteiger charge is 2.27. The zero-order chi connectivity index (χ0) is 28.1. The zero-order valence-electron chi connectivity index (χ0n) is 22.1. The molecular formula is C31H31BrF2N4O2. The number of benzene rings is 3. The van der Waals surface area contributed by atoms with E-state index in [1.165, 1.54) is 28.7 Å². The van der Waals surface area contributed by atoms with Crippen LogP contribution in [0, 0.1) is 11.6 Å². The fourth-order valence-corrected chi connectivity index (χ4v) is 5.56. The van der Waals surface area contributed by atoms with Gasteiger partial charge in [0.25, 0.3) is 0 Å². The monoisotopic (exact) mass is 608 g/mol. The maximum absolute atomic E-state index is 14.2. The Bertz CT molecular complexity index is 1390. The molecular weight excluding hydrogens is 578 g/mol. The molecule has 1 fully saturated rings. The predicted octanol–water partition coefficient (Wildman–Crippen LogP) is 5.30. The predicted molar refractivity (Wildman–Crippen MR) is 155 cm³/mol. The van der Waals surface area contributed by atoms with E-state index in [9.17, 15) is 18.4 Å². The van der Waals surface area contributed by atoms with E-state index in [0.717, 1.165) is 42.8 Å². The molecule has 2 aliphatic rings. The number of carbonyl (C=O) groups excluding carboxylic acids is 2. The third-order valence-electron chi connectivity index (χ3n) is 7.40. The van der Waals surface area contributed by atoms with Gasteiger partial charge in [0.05, 0.1) is 0 Å². The summed E-state index contributed by atoms with van der Waals surface area (Å²) in [6.07, 6.45) is 1.87. The van der Waals surface area contributed by atoms with Gasteiger partial charge in [0.2, 0.25) is 0 Å². The highest BCUT2D eigenvalue weighted by molar-refractivity contribution is 9.10. The van der Waals surface area contributed by atoms with Crippen LogP contribution in [0.2, 0.25) is 0 Å². The molecule has 0 aromatic heterocycles. The minimum absolute atomic E-state index is 0.0706. The quantitative estimate of drug-likeness (QED) is 0.386. The number of amides is 2. The highest BCUT2D eigenvalue weighted by Crippen LogP contribution is 2.28. The van der Waals surface area contributed by atoms with Gasteiger partial charge < -0.3 is 10.2 Å². The van der Waals surface area contributed by atoms with Crippen LogP contribution in [0.15, 0.2) is 77.3 Å². The van der Waals surface area contributed by atoms with E-state index < -0.39 is 23.4 Å². The molecule has 0 saturated carbocycles. The molecule has 2 amide bonds. The summed E-state index contributed by atoms with van der Waals surface area (Å²) in [7, 11) is 0. The molecule has 2 aliphatic heterocycles. The van der Waals surface area contributed by atoms with E-state index in [4.69, 9.17) is 0 Å². The van der Waals surface area contributed by atoms with Crippen LogP contribution in [0.5, 0.6) is 0 Å². The van der Waals surface area contributed by atoms with Crippen molar-refractivity contribution in [2.24, 2.45) is 0 Å². The van der Waals surface area contributed by atoms with Crippen molar-refractivity contribution in [3.8, 4) is 0 Å². The van der Waals surface area contributed by atoms with Crippen LogP contribution >= 0.6 is 15.9 Å². The van der Waals surface area contributed by atoms with E-state index in [0.29, 0.717) is 17.8 Å². The van der Waals surface area contributed by atoms with E-state index >= 15 is 0 Å². The Morgan fingerprint density at radius 3 is 2.15 bits per heavy atom. The first-order valence-electron chi connectivity index (χ1n) is 13.4. The van der Waals surface area contributed by atoms with Crippen molar-refractivity contribution in [2.75, 3.05) is 44.6 Å². The van der Waals surface area contributed by atoms with Gasteiger partial charge in [-0.05, 0) is 47.4 Å². The molecule has 40 heavy (non-hydrogen) atoms. The number of hydrogen-bond acceptors (Lipinski definition) is 4. The fraction of sp³-hybridized carbons (Fsp3) is 0.290. The van der Waals surface area contributed by atoms with Crippen molar-refractivity contribution in [2.45, 2.75) is 19.5 Å². The molecule has 2 heterocycles. The zero-order valence-corrected chi connectivity index (χ0v) is 23.7. The second kappa shape index (κ2) is 12.8. The van der Waals surface area contributed by atoms with E-state index in [2.05, 4.69) is 55.3 Å². The lowest BCUT2D eigenvalue weighted by Gasteiger charge is -2.35. The summed E-state index contributed by atoms with van der Waals surface area (Å²) in [5, 5.41) is 2.80. The first kappa shape index (κ1) is 28.1. The van der Waals surface area contributed by atoms with Crippen LogP contribution in [-0.2, 0) is 22.7 Å². The molecule has 9 heteroatoms. The normalized spacial score (nSPS) is 16.5. The second-order valence-electron chi connectivity index (χ2n) is 10.1. The molecule has 5 rings (SSSR count). The van der Waals surface area contributed by atoms with Crippen LogP contribution in [-0.4, -0.2) is 65.8 Å². The fourth-order valence-electron chi connectivity index (χ4n) is 5.20. The van der Waals surface area contributed by atoms with Crippen molar-refractivity contribution in [3.63, 3.8) is 0 Å². The van der Waals surface area contributed by atoms with Gasteiger partial charge in [0, 0.05) is 68.1 Å². The molecule has 1 N–H and O–H groups in total. The molecule has 0 aliphatic carbocycles. The summed E-state index contributed by atoms with van der Waals surface area (Å²) in [4.78, 5) is 32.1. The van der Waals surface area contributed by atoms with Crippen molar-refractivity contribution < 1.29 is 18.4 Å². The summed E-state index contributed by atoms with van der Waals surface area (Å²) in [6.45, 7) is 5.59. The van der Waals surface area contributed by atoms with Crippen LogP contribution in [0.4, 0.5) is 14.5 Å². The van der Waals surface area contributed by atoms with Crippen LogP contribution in [0.3, 0.4) is 0 Å². The van der Waals surface area contributed by atoms with Gasteiger partial charge in [-0.15, -0.1) is 0 Å². The number of nitrogens with zero attached hydrogens (tertiary/aromatic N) is 3. The molecule has 208 valence electrons. The molecule has 1 saturated heterocycles. The van der Waals surface area contributed by atoms with Crippen LogP contribution in [0.25, 0.3) is 5.57 Å². The minimum atomic E-state index is -0.735. The average molecular weight is 610 g/mol. The molecule has 3 aromatic rings. The van der Waals surface area contributed by atoms with E-state index in [1.807, 2.05) is 18.2 Å². The number of piperazine rings is 1. The number of rotatable bonds is 6. The summed E-state index contributed by atoms with van der Waals surface area (Å²) >= 11 is 3.47. The van der Waals surface area contributed by atoms with E-state index in [1.54, 1.807) is 12.1 Å². The Morgan fingerprint density at radius 2 is 1.50 bits per heavy atom. The molecule has 0 bridgehead atoms. The Morgan fingerprint density at radius 1 is 0.825 bits per heavy atom. The van der Waals surface area contributed by atoms with Gasteiger partial charge in [-0.1, -0.05) is 64.5 Å². The lowest BCUT2D eigenvalue weighted by atomic mass is 9.98. The summed E-state index contributed by atoms with van der Waals surface area (Å²) in [6, 6.07) is 19.9. The van der Waals surface area contributed by atoms with Gasteiger partial charge in [0.1, 0.15) is 11.6 Å². The maximum atomic E-state index is 14.2. The van der Waals surface area contributed by atoms with Gasteiger partial charge in [-0.2, -0.15) is 0 Å². The number of carbonyl (C=O) groups is 2. The molecule has 0 atom stereocenters. The van der Waals surface area contributed by atoms with Gasteiger partial charge >= 0.3 is 11.8 Å². The van der Waals surface area contributed by atoms with Crippen LogP contribution < -0.4 is 5.32 Å². The lowest BCUT2D eigenvalue weighted by molar-refractivity contribution is -0.142. The molecule has 3 aromatic carbocycles. The lowest BCUT2D eigenvalue weighted by Crippen LogP contribution is -2.45. The Hall–Kier alpha value is -3.40. The van der Waals surface area contributed by atoms with Crippen molar-refractivity contribution in [3.05, 3.63) is 106 Å². The summed E-state index contributed by atoms with van der Waals surface area (Å²) < 4.78 is 29.1. The van der Waals surface area contributed by atoms with Gasteiger partial charge in [0.15, 0.2) is 0 Å². The molecule has 0 radical (unpaired) electrons. The second-order valence-corrected chi connectivity index (χ2v) is 11.0. The number of halogens is 3.